The van der Waals surface area contributed by atoms with Crippen molar-refractivity contribution in [2.45, 2.75) is 26.4 Å². The fourth-order valence-electron chi connectivity index (χ4n) is 3.09. The molecular weight excluding hydrogens is 316 g/mol. The third-order valence-electron chi connectivity index (χ3n) is 4.45. The predicted octanol–water partition coefficient (Wildman–Crippen LogP) is 1.78. The number of carbonyl (C=O) groups excluding carboxylic acids is 1. The van der Waals surface area contributed by atoms with Crippen molar-refractivity contribution in [1.29, 1.82) is 0 Å². The highest BCUT2D eigenvalue weighted by Gasteiger charge is 2.25. The Kier molecular flexibility index (Phi) is 3.83. The molecule has 3 heterocycles. The Hall–Kier alpha value is -2.96. The molecule has 0 atom stereocenters. The molecule has 1 aliphatic heterocycles. The molecule has 4 rings (SSSR count). The Morgan fingerprint density at radius 1 is 1.12 bits per heavy atom. The van der Waals surface area contributed by atoms with Crippen LogP contribution >= 0.6 is 0 Å². The lowest BCUT2D eigenvalue weighted by molar-refractivity contribution is 0.0743. The summed E-state index contributed by atoms with van der Waals surface area (Å²) in [5.74, 6) is 1.42. The van der Waals surface area contributed by atoms with Crippen molar-refractivity contribution in [3.63, 3.8) is 0 Å². The lowest BCUT2D eigenvalue weighted by Gasteiger charge is -2.22. The molecule has 0 saturated carbocycles. The van der Waals surface area contributed by atoms with Gasteiger partial charge in [0, 0.05) is 26.2 Å². The van der Waals surface area contributed by atoms with Gasteiger partial charge in [-0.2, -0.15) is 10.2 Å². The lowest BCUT2D eigenvalue weighted by atomic mass is 10.1. The molecule has 1 aromatic carbocycles. The maximum atomic E-state index is 12.3. The number of likely N-dealkylation sites (N-methyl/N-ethyl adjacent to an activating group) is 1. The summed E-state index contributed by atoms with van der Waals surface area (Å²) >= 11 is 0. The van der Waals surface area contributed by atoms with Crippen molar-refractivity contribution < 1.29 is 4.79 Å². The smallest absolute Gasteiger partial charge is 0.271 e. The normalized spacial score (nSPS) is 14.0. The number of rotatable bonds is 4. The van der Waals surface area contributed by atoms with Gasteiger partial charge in [0.05, 0.1) is 6.54 Å². The first-order valence-corrected chi connectivity index (χ1v) is 8.41. The number of hydrogen-bond acceptors (Lipinski definition) is 4. The second-order valence-electron chi connectivity index (χ2n) is 6.31. The van der Waals surface area contributed by atoms with Crippen LogP contribution in [0.15, 0.2) is 36.4 Å². The van der Waals surface area contributed by atoms with Crippen molar-refractivity contribution in [2.24, 2.45) is 0 Å². The van der Waals surface area contributed by atoms with Crippen molar-refractivity contribution in [1.82, 2.24) is 29.4 Å². The van der Waals surface area contributed by atoms with Gasteiger partial charge in [0.1, 0.15) is 17.2 Å². The molecule has 2 aromatic heterocycles. The van der Waals surface area contributed by atoms with Gasteiger partial charge in [0.25, 0.3) is 5.91 Å². The number of nitrogens with zero attached hydrogens (tertiary/aromatic N) is 6. The molecule has 7 nitrogen and oxygen atoms in total. The van der Waals surface area contributed by atoms with E-state index in [0.717, 1.165) is 13.0 Å². The predicted molar refractivity (Wildman–Crippen MR) is 93.1 cm³/mol. The summed E-state index contributed by atoms with van der Waals surface area (Å²) in [4.78, 5) is 18.5. The molecule has 0 aliphatic carbocycles. The molecule has 0 N–H and O–H groups in total. The maximum absolute atomic E-state index is 12.3. The third-order valence-corrected chi connectivity index (χ3v) is 4.45. The van der Waals surface area contributed by atoms with Gasteiger partial charge in [0.15, 0.2) is 5.82 Å². The number of aryl methyl sites for hydroxylation is 3. The molecule has 0 radical (unpaired) electrons. The van der Waals surface area contributed by atoms with Gasteiger partial charge in [-0.25, -0.2) is 9.67 Å². The first-order valence-electron chi connectivity index (χ1n) is 8.41. The monoisotopic (exact) mass is 336 g/mol. The van der Waals surface area contributed by atoms with Crippen LogP contribution in [0.3, 0.4) is 0 Å². The summed E-state index contributed by atoms with van der Waals surface area (Å²) in [6, 6.07) is 12.1. The van der Waals surface area contributed by atoms with Crippen LogP contribution < -0.4 is 0 Å². The van der Waals surface area contributed by atoms with E-state index in [4.69, 9.17) is 0 Å². The molecule has 0 saturated heterocycles. The molecule has 1 aliphatic rings. The zero-order valence-corrected chi connectivity index (χ0v) is 14.4. The highest BCUT2D eigenvalue weighted by atomic mass is 16.2. The van der Waals surface area contributed by atoms with Gasteiger partial charge in [-0.1, -0.05) is 30.3 Å². The van der Waals surface area contributed by atoms with Crippen molar-refractivity contribution >= 4 is 5.91 Å². The van der Waals surface area contributed by atoms with Crippen LogP contribution in [0.2, 0.25) is 0 Å². The summed E-state index contributed by atoms with van der Waals surface area (Å²) in [6.07, 6.45) is 0.867. The van der Waals surface area contributed by atoms with E-state index in [1.54, 1.807) is 9.58 Å². The van der Waals surface area contributed by atoms with Gasteiger partial charge < -0.3 is 4.90 Å². The average molecular weight is 336 g/mol. The Morgan fingerprint density at radius 3 is 2.72 bits per heavy atom. The number of benzene rings is 1. The van der Waals surface area contributed by atoms with E-state index in [9.17, 15) is 4.79 Å². The maximum Gasteiger partial charge on any atom is 0.271 e. The number of carbonyl (C=O) groups is 1. The number of fused-ring (bicyclic) bond motifs is 1. The van der Waals surface area contributed by atoms with Crippen molar-refractivity contribution in [2.75, 3.05) is 13.6 Å². The first kappa shape index (κ1) is 15.6. The number of aromatic nitrogens is 5. The van der Waals surface area contributed by atoms with Crippen LogP contribution in [0.1, 0.15) is 21.9 Å². The van der Waals surface area contributed by atoms with Crippen molar-refractivity contribution in [3.05, 3.63) is 53.5 Å². The second kappa shape index (κ2) is 6.16. The minimum absolute atomic E-state index is 0.00271. The summed E-state index contributed by atoms with van der Waals surface area (Å²) in [5.41, 5.74) is 2.56. The molecule has 0 spiro atoms. The van der Waals surface area contributed by atoms with Crippen LogP contribution in [0.4, 0.5) is 0 Å². The summed E-state index contributed by atoms with van der Waals surface area (Å²) < 4.78 is 3.65. The second-order valence-corrected chi connectivity index (χ2v) is 6.31. The Morgan fingerprint density at radius 2 is 1.92 bits per heavy atom. The van der Waals surface area contributed by atoms with E-state index >= 15 is 0 Å². The van der Waals surface area contributed by atoms with E-state index in [2.05, 4.69) is 27.3 Å². The summed E-state index contributed by atoms with van der Waals surface area (Å²) in [5, 5.41) is 9.08. The fourth-order valence-corrected chi connectivity index (χ4v) is 3.09. The standard InChI is InChI=1S/C18H20N6O/c1-13-19-17(24(20-13)9-8-14-6-4-3-5-7-14)15-12-16-18(25)22(2)10-11-23(16)21-15/h3-7,12H,8-11H2,1-2H3. The topological polar surface area (TPSA) is 68.8 Å². The van der Waals surface area contributed by atoms with Gasteiger partial charge in [-0.05, 0) is 18.9 Å². The Bertz CT molecular complexity index is 911. The minimum atomic E-state index is -0.00271. The molecule has 25 heavy (non-hydrogen) atoms. The lowest BCUT2D eigenvalue weighted by Crippen LogP contribution is -2.37. The average Bonchev–Trinajstić information content (AvgIpc) is 3.21. The van der Waals surface area contributed by atoms with Gasteiger partial charge >= 0.3 is 0 Å². The summed E-state index contributed by atoms with van der Waals surface area (Å²) in [7, 11) is 1.81. The first-order chi connectivity index (χ1) is 12.1. The highest BCUT2D eigenvalue weighted by Crippen LogP contribution is 2.21. The molecule has 0 fully saturated rings. The fraction of sp³-hybridized carbons (Fsp3) is 0.333. The molecule has 1 amide bonds. The van der Waals surface area contributed by atoms with Crippen LogP contribution in [0, 0.1) is 6.92 Å². The largest absolute Gasteiger partial charge is 0.339 e. The van der Waals surface area contributed by atoms with Crippen LogP contribution in [-0.4, -0.2) is 48.9 Å². The Balaban J connectivity index is 1.63. The van der Waals surface area contributed by atoms with Gasteiger partial charge in [-0.15, -0.1) is 0 Å². The zero-order valence-electron chi connectivity index (χ0n) is 14.4. The SMILES string of the molecule is Cc1nc(-c2cc3n(n2)CCN(C)C3=O)n(CCc2ccccc2)n1. The van der Waals surface area contributed by atoms with Crippen molar-refractivity contribution in [3.8, 4) is 11.5 Å². The molecule has 128 valence electrons. The molecule has 3 aromatic rings. The van der Waals surface area contributed by atoms with E-state index in [1.165, 1.54) is 5.56 Å². The van der Waals surface area contributed by atoms with E-state index in [1.807, 2.05) is 42.9 Å². The van der Waals surface area contributed by atoms with Gasteiger partial charge in [0.2, 0.25) is 0 Å². The van der Waals surface area contributed by atoms with Crippen LogP contribution in [0.25, 0.3) is 11.5 Å². The van der Waals surface area contributed by atoms with Crippen LogP contribution in [-0.2, 0) is 19.5 Å². The van der Waals surface area contributed by atoms with Gasteiger partial charge in [-0.3, -0.25) is 9.48 Å². The molecule has 0 unspecified atom stereocenters. The summed E-state index contributed by atoms with van der Waals surface area (Å²) in [6.45, 7) is 3.97. The number of amides is 1. The zero-order chi connectivity index (χ0) is 17.4. The molecule has 0 bridgehead atoms. The minimum Gasteiger partial charge on any atom is -0.339 e. The van der Waals surface area contributed by atoms with E-state index < -0.39 is 0 Å². The molecule has 7 heteroatoms. The van der Waals surface area contributed by atoms with E-state index in [0.29, 0.717) is 36.1 Å². The van der Waals surface area contributed by atoms with Crippen LogP contribution in [0.5, 0.6) is 0 Å². The highest BCUT2D eigenvalue weighted by molar-refractivity contribution is 5.94. The Labute approximate surface area is 145 Å². The quantitative estimate of drug-likeness (QED) is 0.728. The number of hydrogen-bond donors (Lipinski definition) is 0. The molecular formula is C18H20N6O. The van der Waals surface area contributed by atoms with E-state index in [-0.39, 0.29) is 5.91 Å². The third kappa shape index (κ3) is 2.93.